The Morgan fingerprint density at radius 3 is 1.23 bits per heavy atom. The summed E-state index contributed by atoms with van der Waals surface area (Å²) in [6.45, 7) is 0. The molecule has 0 aliphatic rings. The van der Waals surface area contributed by atoms with Crippen LogP contribution in [0.15, 0.2) is 59.7 Å². The number of benzene rings is 2. The third kappa shape index (κ3) is 4.36. The molecule has 0 heterocycles. The van der Waals surface area contributed by atoms with Crippen LogP contribution in [0.5, 0.6) is 0 Å². The fourth-order valence-electron chi connectivity index (χ4n) is 2.25. The quantitative estimate of drug-likeness (QED) is 0.775. The van der Waals surface area contributed by atoms with Gasteiger partial charge in [-0.2, -0.15) is 21.0 Å². The van der Waals surface area contributed by atoms with Gasteiger partial charge in [-0.15, -0.1) is 0 Å². The van der Waals surface area contributed by atoms with Gasteiger partial charge in [0.05, 0.1) is 0 Å². The van der Waals surface area contributed by atoms with Crippen molar-refractivity contribution < 1.29 is 0 Å². The summed E-state index contributed by atoms with van der Waals surface area (Å²) in [5.41, 5.74) is 3.56. The van der Waals surface area contributed by atoms with E-state index in [1.807, 2.05) is 84.8 Å². The number of anilines is 2. The molecule has 0 fully saturated rings. The Morgan fingerprint density at radius 2 is 0.962 bits per heavy atom. The van der Waals surface area contributed by atoms with E-state index < -0.39 is 0 Å². The van der Waals surface area contributed by atoms with Gasteiger partial charge in [0.15, 0.2) is 0 Å². The number of hydrogen-bond donors (Lipinski definition) is 0. The van der Waals surface area contributed by atoms with Gasteiger partial charge < -0.3 is 4.90 Å². The molecule has 26 heavy (non-hydrogen) atoms. The van der Waals surface area contributed by atoms with Crippen LogP contribution in [-0.2, 0) is 0 Å². The Kier molecular flexibility index (Phi) is 5.90. The largest absolute Gasteiger partial charge is 0.345 e. The molecule has 0 spiro atoms. The van der Waals surface area contributed by atoms with Gasteiger partial charge in [-0.05, 0) is 47.5 Å². The Hall–Kier alpha value is -4.32. The van der Waals surface area contributed by atoms with E-state index in [2.05, 4.69) is 0 Å². The summed E-state index contributed by atoms with van der Waals surface area (Å²) >= 11 is 0. The van der Waals surface area contributed by atoms with Gasteiger partial charge in [-0.3, -0.25) is 0 Å². The van der Waals surface area contributed by atoms with Crippen molar-refractivity contribution in [2.45, 2.75) is 0 Å². The molecule has 5 heteroatoms. The second-order valence-corrected chi connectivity index (χ2v) is 5.31. The second kappa shape index (κ2) is 8.51. The summed E-state index contributed by atoms with van der Waals surface area (Å²) in [7, 11) is 1.92. The number of allylic oxidation sites excluding steroid dienone is 2. The van der Waals surface area contributed by atoms with Gasteiger partial charge in [-0.25, -0.2) is 0 Å². The number of nitrogens with zero attached hydrogens (tertiary/aromatic N) is 5. The van der Waals surface area contributed by atoms with E-state index in [1.165, 1.54) is 12.2 Å². The first-order valence-electron chi connectivity index (χ1n) is 7.59. The number of rotatable bonds is 4. The van der Waals surface area contributed by atoms with Crippen LogP contribution in [0.25, 0.3) is 12.2 Å². The van der Waals surface area contributed by atoms with Crippen molar-refractivity contribution >= 4 is 23.5 Å². The highest BCUT2D eigenvalue weighted by Crippen LogP contribution is 2.25. The van der Waals surface area contributed by atoms with Gasteiger partial charge in [0.2, 0.25) is 0 Å². The lowest BCUT2D eigenvalue weighted by molar-refractivity contribution is 1.21. The van der Waals surface area contributed by atoms with Crippen molar-refractivity contribution in [3.8, 4) is 24.3 Å². The van der Waals surface area contributed by atoms with Gasteiger partial charge in [-0.1, -0.05) is 24.3 Å². The highest BCUT2D eigenvalue weighted by atomic mass is 15.1. The summed E-state index contributed by atoms with van der Waals surface area (Å²) in [5, 5.41) is 35.2. The molecule has 122 valence electrons. The van der Waals surface area contributed by atoms with E-state index in [1.54, 1.807) is 0 Å². The van der Waals surface area contributed by atoms with Crippen molar-refractivity contribution in [2.75, 3.05) is 11.9 Å². The van der Waals surface area contributed by atoms with E-state index in [-0.39, 0.29) is 11.1 Å². The second-order valence-electron chi connectivity index (χ2n) is 5.31. The first kappa shape index (κ1) is 18.0. The number of hydrogen-bond acceptors (Lipinski definition) is 5. The van der Waals surface area contributed by atoms with Crippen LogP contribution in [0.1, 0.15) is 11.1 Å². The van der Waals surface area contributed by atoms with Gasteiger partial charge in [0.25, 0.3) is 0 Å². The molecule has 0 radical (unpaired) electrons. The lowest BCUT2D eigenvalue weighted by Gasteiger charge is -2.19. The predicted molar refractivity (Wildman–Crippen MR) is 99.4 cm³/mol. The van der Waals surface area contributed by atoms with Gasteiger partial charge >= 0.3 is 0 Å². The Labute approximate surface area is 152 Å². The fourth-order valence-corrected chi connectivity index (χ4v) is 2.25. The molecule has 2 aromatic rings. The molecule has 0 aliphatic carbocycles. The lowest BCUT2D eigenvalue weighted by Crippen LogP contribution is -2.09. The average Bonchev–Trinajstić information content (AvgIpc) is 2.70. The SMILES string of the molecule is CN(c1ccc(C=C(C#N)C#N)cc1)c1ccc(C=C(C#N)C#N)cc1. The monoisotopic (exact) mass is 335 g/mol. The summed E-state index contributed by atoms with van der Waals surface area (Å²) in [6.07, 6.45) is 3.07. The standard InChI is InChI=1S/C21H13N5/c1-26(20-6-2-16(3-7-20)10-18(12-22)13-23)21-8-4-17(5-9-21)11-19(14-24)15-25/h2-11H,1H3. The summed E-state index contributed by atoms with van der Waals surface area (Å²) in [4.78, 5) is 1.98. The molecule has 2 rings (SSSR count). The van der Waals surface area contributed by atoms with Crippen LogP contribution in [0.4, 0.5) is 11.4 Å². The normalized spacial score (nSPS) is 8.81. The maximum atomic E-state index is 8.80. The van der Waals surface area contributed by atoms with Gasteiger partial charge in [0, 0.05) is 18.4 Å². The minimum atomic E-state index is 0.0591. The third-order valence-electron chi connectivity index (χ3n) is 3.66. The zero-order valence-electron chi connectivity index (χ0n) is 14.0. The van der Waals surface area contributed by atoms with Crippen molar-refractivity contribution in [1.82, 2.24) is 0 Å². The highest BCUT2D eigenvalue weighted by Gasteiger charge is 2.04. The third-order valence-corrected chi connectivity index (χ3v) is 3.66. The minimum absolute atomic E-state index is 0.0591. The summed E-state index contributed by atoms with van der Waals surface area (Å²) < 4.78 is 0. The van der Waals surface area contributed by atoms with Gasteiger partial charge in [0.1, 0.15) is 35.4 Å². The molecule has 0 N–H and O–H groups in total. The molecular formula is C21H13N5. The fraction of sp³-hybridized carbons (Fsp3) is 0.0476. The summed E-state index contributed by atoms with van der Waals surface area (Å²) in [5.74, 6) is 0. The van der Waals surface area contributed by atoms with E-state index in [0.29, 0.717) is 0 Å². The predicted octanol–water partition coefficient (Wildman–Crippen LogP) is 4.32. The zero-order chi connectivity index (χ0) is 18.9. The van der Waals surface area contributed by atoms with Crippen LogP contribution in [0.3, 0.4) is 0 Å². The molecule has 0 aliphatic heterocycles. The molecular weight excluding hydrogens is 322 g/mol. The first-order chi connectivity index (χ1) is 12.6. The molecule has 2 aromatic carbocycles. The smallest absolute Gasteiger partial charge is 0.130 e. The topological polar surface area (TPSA) is 98.4 Å². The molecule has 0 aromatic heterocycles. The van der Waals surface area contributed by atoms with Crippen LogP contribution in [-0.4, -0.2) is 7.05 Å². The van der Waals surface area contributed by atoms with E-state index >= 15 is 0 Å². The minimum Gasteiger partial charge on any atom is -0.345 e. The van der Waals surface area contributed by atoms with E-state index in [0.717, 1.165) is 22.5 Å². The molecule has 0 saturated heterocycles. The molecule has 0 amide bonds. The van der Waals surface area contributed by atoms with Crippen molar-refractivity contribution in [3.63, 3.8) is 0 Å². The molecule has 5 nitrogen and oxygen atoms in total. The number of nitriles is 4. The Morgan fingerprint density at radius 1 is 0.654 bits per heavy atom. The maximum absolute atomic E-state index is 8.80. The Balaban J connectivity index is 2.21. The van der Waals surface area contributed by atoms with Crippen LogP contribution >= 0.6 is 0 Å². The summed E-state index contributed by atoms with van der Waals surface area (Å²) in [6, 6.07) is 22.3. The zero-order valence-corrected chi connectivity index (χ0v) is 14.0. The molecule has 0 saturated carbocycles. The van der Waals surface area contributed by atoms with Crippen LogP contribution in [0.2, 0.25) is 0 Å². The highest BCUT2D eigenvalue weighted by molar-refractivity contribution is 5.69. The first-order valence-corrected chi connectivity index (χ1v) is 7.59. The maximum Gasteiger partial charge on any atom is 0.130 e. The average molecular weight is 335 g/mol. The van der Waals surface area contributed by atoms with Crippen molar-refractivity contribution in [1.29, 1.82) is 21.0 Å². The molecule has 0 unspecified atom stereocenters. The van der Waals surface area contributed by atoms with Crippen LogP contribution < -0.4 is 4.90 Å². The van der Waals surface area contributed by atoms with E-state index in [9.17, 15) is 0 Å². The molecule has 0 atom stereocenters. The van der Waals surface area contributed by atoms with Crippen LogP contribution in [0, 0.1) is 45.3 Å². The van der Waals surface area contributed by atoms with Crippen molar-refractivity contribution in [2.24, 2.45) is 0 Å². The lowest BCUT2D eigenvalue weighted by atomic mass is 10.1. The Bertz CT molecular complexity index is 897. The molecule has 0 bridgehead atoms. The van der Waals surface area contributed by atoms with Crippen molar-refractivity contribution in [3.05, 3.63) is 70.8 Å². The van der Waals surface area contributed by atoms with E-state index in [4.69, 9.17) is 21.0 Å².